The summed E-state index contributed by atoms with van der Waals surface area (Å²) in [5, 5.41) is 3.03. The van der Waals surface area contributed by atoms with Crippen LogP contribution in [0.2, 0.25) is 0 Å². The Balaban J connectivity index is 2.43. The predicted molar refractivity (Wildman–Crippen MR) is 69.1 cm³/mol. The largest absolute Gasteiger partial charge is 0.345 e. The minimum atomic E-state index is -0.276. The molecular weight excluding hydrogens is 287 g/mol. The second kappa shape index (κ2) is 6.71. The average molecular weight is 303 g/mol. The van der Waals surface area contributed by atoms with E-state index in [1.807, 2.05) is 6.92 Å². The lowest BCUT2D eigenvalue weighted by Crippen LogP contribution is -2.35. The number of benzene rings is 1. The van der Waals surface area contributed by atoms with Gasteiger partial charge >= 0.3 is 0 Å². The molecule has 0 aliphatic rings. The summed E-state index contributed by atoms with van der Waals surface area (Å²) < 4.78 is 13.5. The van der Waals surface area contributed by atoms with E-state index >= 15 is 0 Å². The van der Waals surface area contributed by atoms with E-state index in [0.29, 0.717) is 17.6 Å². The van der Waals surface area contributed by atoms with Gasteiger partial charge in [0.25, 0.3) is 0 Å². The van der Waals surface area contributed by atoms with E-state index < -0.39 is 0 Å². The minimum Gasteiger partial charge on any atom is -0.345 e. The first kappa shape index (κ1) is 14.1. The Hall–Kier alpha value is -0.940. The fourth-order valence-electron chi connectivity index (χ4n) is 1.28. The first-order valence-corrected chi connectivity index (χ1v) is 6.22. The first-order valence-electron chi connectivity index (χ1n) is 5.43. The Labute approximate surface area is 109 Å². The summed E-state index contributed by atoms with van der Waals surface area (Å²) in [6.45, 7) is 3.44. The van der Waals surface area contributed by atoms with Gasteiger partial charge in [0.2, 0.25) is 5.91 Å². The standard InChI is InChI=1S/C12H16BrFN2O/c1-3-16(2)12(17)8-15-7-9-4-5-10(14)6-11(9)13/h4-6,15H,3,7-8H2,1-2H3. The van der Waals surface area contributed by atoms with Gasteiger partial charge in [-0.3, -0.25) is 4.79 Å². The van der Waals surface area contributed by atoms with Crippen LogP contribution in [0.5, 0.6) is 0 Å². The number of hydrogen-bond acceptors (Lipinski definition) is 2. The van der Waals surface area contributed by atoms with Crippen molar-refractivity contribution in [2.45, 2.75) is 13.5 Å². The monoisotopic (exact) mass is 302 g/mol. The Morgan fingerprint density at radius 2 is 2.24 bits per heavy atom. The van der Waals surface area contributed by atoms with Crippen LogP contribution in [0.25, 0.3) is 0 Å². The number of halogens is 2. The molecule has 0 aliphatic carbocycles. The van der Waals surface area contributed by atoms with E-state index in [9.17, 15) is 9.18 Å². The lowest BCUT2D eigenvalue weighted by molar-refractivity contribution is -0.128. The van der Waals surface area contributed by atoms with Gasteiger partial charge in [-0.25, -0.2) is 4.39 Å². The number of hydrogen-bond donors (Lipinski definition) is 1. The SMILES string of the molecule is CCN(C)C(=O)CNCc1ccc(F)cc1Br. The summed E-state index contributed by atoms with van der Waals surface area (Å²) in [5.74, 6) is -0.229. The van der Waals surface area contributed by atoms with Gasteiger partial charge in [0.05, 0.1) is 6.54 Å². The smallest absolute Gasteiger partial charge is 0.236 e. The third-order valence-electron chi connectivity index (χ3n) is 2.51. The second-order valence-electron chi connectivity index (χ2n) is 3.75. The quantitative estimate of drug-likeness (QED) is 0.904. The Kier molecular flexibility index (Phi) is 5.58. The lowest BCUT2D eigenvalue weighted by Gasteiger charge is -2.15. The highest BCUT2D eigenvalue weighted by molar-refractivity contribution is 9.10. The van der Waals surface area contributed by atoms with Crippen LogP contribution < -0.4 is 5.32 Å². The maximum absolute atomic E-state index is 12.8. The van der Waals surface area contributed by atoms with Crippen molar-refractivity contribution in [3.63, 3.8) is 0 Å². The number of carbonyl (C=O) groups excluding carboxylic acids is 1. The highest BCUT2D eigenvalue weighted by Crippen LogP contribution is 2.17. The van der Waals surface area contributed by atoms with Gasteiger partial charge in [-0.1, -0.05) is 22.0 Å². The van der Waals surface area contributed by atoms with Crippen LogP contribution in [0, 0.1) is 5.82 Å². The van der Waals surface area contributed by atoms with Gasteiger partial charge in [0.15, 0.2) is 0 Å². The molecule has 0 saturated heterocycles. The van der Waals surface area contributed by atoms with Crippen molar-refractivity contribution in [3.05, 3.63) is 34.1 Å². The Bertz CT molecular complexity index is 398. The van der Waals surface area contributed by atoms with Crippen LogP contribution >= 0.6 is 15.9 Å². The third-order valence-corrected chi connectivity index (χ3v) is 3.25. The normalized spacial score (nSPS) is 10.4. The molecular formula is C12H16BrFN2O. The summed E-state index contributed by atoms with van der Waals surface area (Å²) in [6, 6.07) is 4.51. The topological polar surface area (TPSA) is 32.3 Å². The summed E-state index contributed by atoms with van der Waals surface area (Å²) in [6.07, 6.45) is 0. The number of carbonyl (C=O) groups is 1. The number of rotatable bonds is 5. The molecule has 0 unspecified atom stereocenters. The van der Waals surface area contributed by atoms with E-state index in [4.69, 9.17) is 0 Å². The molecule has 0 saturated carbocycles. The van der Waals surface area contributed by atoms with Crippen molar-refractivity contribution in [1.82, 2.24) is 10.2 Å². The van der Waals surface area contributed by atoms with Crippen molar-refractivity contribution in [2.24, 2.45) is 0 Å². The molecule has 17 heavy (non-hydrogen) atoms. The van der Waals surface area contributed by atoms with E-state index in [2.05, 4.69) is 21.2 Å². The summed E-state index contributed by atoms with van der Waals surface area (Å²) in [4.78, 5) is 13.1. The molecule has 0 aliphatic heterocycles. The van der Waals surface area contributed by atoms with Crippen LogP contribution in [0.1, 0.15) is 12.5 Å². The zero-order valence-electron chi connectivity index (χ0n) is 9.96. The van der Waals surface area contributed by atoms with Crippen molar-refractivity contribution in [3.8, 4) is 0 Å². The van der Waals surface area contributed by atoms with Gasteiger partial charge in [-0.2, -0.15) is 0 Å². The number of amides is 1. The van der Waals surface area contributed by atoms with Crippen LogP contribution in [0.4, 0.5) is 4.39 Å². The van der Waals surface area contributed by atoms with E-state index in [0.717, 1.165) is 5.56 Å². The van der Waals surface area contributed by atoms with Crippen molar-refractivity contribution in [1.29, 1.82) is 0 Å². The van der Waals surface area contributed by atoms with E-state index in [1.165, 1.54) is 12.1 Å². The van der Waals surface area contributed by atoms with Gasteiger partial charge in [0.1, 0.15) is 5.82 Å². The van der Waals surface area contributed by atoms with Gasteiger partial charge in [0, 0.05) is 24.6 Å². The Morgan fingerprint density at radius 1 is 1.53 bits per heavy atom. The molecule has 1 aromatic carbocycles. The van der Waals surface area contributed by atoms with E-state index in [1.54, 1.807) is 18.0 Å². The maximum Gasteiger partial charge on any atom is 0.236 e. The summed E-state index contributed by atoms with van der Waals surface area (Å²) in [7, 11) is 1.76. The molecule has 5 heteroatoms. The number of nitrogens with one attached hydrogen (secondary N) is 1. The van der Waals surface area contributed by atoms with Crippen molar-refractivity contribution < 1.29 is 9.18 Å². The minimum absolute atomic E-state index is 0.0470. The molecule has 3 nitrogen and oxygen atoms in total. The lowest BCUT2D eigenvalue weighted by atomic mass is 10.2. The highest BCUT2D eigenvalue weighted by Gasteiger charge is 2.06. The number of likely N-dealkylation sites (N-methyl/N-ethyl adjacent to an activating group) is 1. The first-order chi connectivity index (χ1) is 8.04. The van der Waals surface area contributed by atoms with Crippen molar-refractivity contribution >= 4 is 21.8 Å². The van der Waals surface area contributed by atoms with Crippen LogP contribution in [0.3, 0.4) is 0 Å². The Morgan fingerprint density at radius 3 is 2.82 bits per heavy atom. The fourth-order valence-corrected chi connectivity index (χ4v) is 1.77. The van der Waals surface area contributed by atoms with Crippen molar-refractivity contribution in [2.75, 3.05) is 20.1 Å². The molecule has 0 atom stereocenters. The summed E-state index contributed by atoms with van der Waals surface area (Å²) >= 11 is 3.28. The molecule has 0 aromatic heterocycles. The molecule has 1 aromatic rings. The predicted octanol–water partition coefficient (Wildman–Crippen LogP) is 2.16. The molecule has 94 valence electrons. The molecule has 0 radical (unpaired) electrons. The van der Waals surface area contributed by atoms with Crippen LogP contribution in [0.15, 0.2) is 22.7 Å². The molecule has 1 amide bonds. The molecule has 1 rings (SSSR count). The molecule has 0 heterocycles. The number of nitrogens with zero attached hydrogens (tertiary/aromatic N) is 1. The van der Waals surface area contributed by atoms with Gasteiger partial charge < -0.3 is 10.2 Å². The third kappa shape index (κ3) is 4.44. The fraction of sp³-hybridized carbons (Fsp3) is 0.417. The van der Waals surface area contributed by atoms with Gasteiger partial charge in [-0.15, -0.1) is 0 Å². The molecule has 0 fully saturated rings. The molecule has 0 bridgehead atoms. The van der Waals surface area contributed by atoms with Crippen LogP contribution in [-0.4, -0.2) is 30.9 Å². The second-order valence-corrected chi connectivity index (χ2v) is 4.60. The van der Waals surface area contributed by atoms with Crippen LogP contribution in [-0.2, 0) is 11.3 Å². The molecule has 0 spiro atoms. The summed E-state index contributed by atoms with van der Waals surface area (Å²) in [5.41, 5.74) is 0.929. The zero-order valence-corrected chi connectivity index (χ0v) is 11.6. The van der Waals surface area contributed by atoms with E-state index in [-0.39, 0.29) is 18.3 Å². The maximum atomic E-state index is 12.8. The van der Waals surface area contributed by atoms with Gasteiger partial charge in [-0.05, 0) is 24.6 Å². The highest BCUT2D eigenvalue weighted by atomic mass is 79.9. The molecule has 1 N–H and O–H groups in total. The average Bonchev–Trinajstić information content (AvgIpc) is 2.30. The zero-order chi connectivity index (χ0) is 12.8.